The van der Waals surface area contributed by atoms with Gasteiger partial charge in [0.05, 0.1) is 5.75 Å². The van der Waals surface area contributed by atoms with Crippen molar-refractivity contribution in [2.45, 2.75) is 25.0 Å². The molecule has 0 bridgehead atoms. The van der Waals surface area contributed by atoms with E-state index in [0.717, 1.165) is 17.8 Å². The molecule has 2 rings (SSSR count). The molecule has 0 radical (unpaired) electrons. The number of aromatic nitrogens is 3. The molecule has 1 aromatic heterocycles. The third kappa shape index (κ3) is 4.25. The maximum absolute atomic E-state index is 13.1. The monoisotopic (exact) mass is 313 g/mol. The van der Waals surface area contributed by atoms with E-state index in [-0.39, 0.29) is 5.75 Å². The van der Waals surface area contributed by atoms with Gasteiger partial charge < -0.3 is 9.67 Å². The number of aliphatic carboxylic acids is 1. The van der Waals surface area contributed by atoms with Gasteiger partial charge in [0.25, 0.3) is 0 Å². The highest BCUT2D eigenvalue weighted by Gasteiger charge is 2.11. The number of hydrogen-bond acceptors (Lipinski definition) is 4. The molecule has 1 heterocycles. The first-order chi connectivity index (χ1) is 9.95. The SMILES string of the molecule is Cc1nnc(SCC(=O)O)n1CCc1cc(F)cc(F)c1. The quantitative estimate of drug-likeness (QED) is 0.829. The zero-order valence-electron chi connectivity index (χ0n) is 11.2. The van der Waals surface area contributed by atoms with E-state index < -0.39 is 17.6 Å². The zero-order chi connectivity index (χ0) is 15.4. The van der Waals surface area contributed by atoms with Gasteiger partial charge in [0.1, 0.15) is 17.5 Å². The van der Waals surface area contributed by atoms with Gasteiger partial charge in [0.15, 0.2) is 5.16 Å². The van der Waals surface area contributed by atoms with Crippen LogP contribution in [0.4, 0.5) is 8.78 Å². The van der Waals surface area contributed by atoms with Crippen LogP contribution in [0.2, 0.25) is 0 Å². The second kappa shape index (κ2) is 6.66. The van der Waals surface area contributed by atoms with E-state index in [1.54, 1.807) is 11.5 Å². The van der Waals surface area contributed by atoms with E-state index in [2.05, 4.69) is 10.2 Å². The summed E-state index contributed by atoms with van der Waals surface area (Å²) in [6.45, 7) is 2.16. The van der Waals surface area contributed by atoms with Gasteiger partial charge in [-0.05, 0) is 31.0 Å². The molecule has 0 fully saturated rings. The number of carboxylic acids is 1. The minimum Gasteiger partial charge on any atom is -0.481 e. The number of halogens is 2. The number of aryl methyl sites for hydroxylation is 2. The van der Waals surface area contributed by atoms with Gasteiger partial charge >= 0.3 is 5.97 Å². The summed E-state index contributed by atoms with van der Waals surface area (Å²) in [4.78, 5) is 10.6. The highest BCUT2D eigenvalue weighted by Crippen LogP contribution is 2.18. The van der Waals surface area contributed by atoms with Crippen molar-refractivity contribution in [3.63, 3.8) is 0 Å². The lowest BCUT2D eigenvalue weighted by atomic mass is 10.1. The molecule has 0 saturated heterocycles. The van der Waals surface area contributed by atoms with Crippen LogP contribution in [-0.2, 0) is 17.8 Å². The maximum atomic E-state index is 13.1. The van der Waals surface area contributed by atoms with Gasteiger partial charge in [-0.2, -0.15) is 0 Å². The van der Waals surface area contributed by atoms with Crippen molar-refractivity contribution < 1.29 is 18.7 Å². The fourth-order valence-electron chi connectivity index (χ4n) is 1.85. The Labute approximate surface area is 124 Å². The molecule has 112 valence electrons. The zero-order valence-corrected chi connectivity index (χ0v) is 12.0. The van der Waals surface area contributed by atoms with E-state index in [0.29, 0.717) is 29.5 Å². The first-order valence-corrected chi connectivity index (χ1v) is 7.13. The number of nitrogens with zero attached hydrogens (tertiary/aromatic N) is 3. The normalized spacial score (nSPS) is 10.8. The maximum Gasteiger partial charge on any atom is 0.313 e. The van der Waals surface area contributed by atoms with Crippen molar-refractivity contribution in [2.24, 2.45) is 0 Å². The summed E-state index contributed by atoms with van der Waals surface area (Å²) < 4.78 is 28.0. The van der Waals surface area contributed by atoms with Gasteiger partial charge in [-0.25, -0.2) is 8.78 Å². The molecule has 0 unspecified atom stereocenters. The molecule has 0 spiro atoms. The summed E-state index contributed by atoms with van der Waals surface area (Å²) >= 11 is 1.06. The minimum atomic E-state index is -0.945. The number of benzene rings is 1. The first kappa shape index (κ1) is 15.4. The molecule has 0 aliphatic heterocycles. The molecule has 1 N–H and O–H groups in total. The molecule has 5 nitrogen and oxygen atoms in total. The van der Waals surface area contributed by atoms with Crippen LogP contribution in [0.3, 0.4) is 0 Å². The predicted octanol–water partition coefficient (Wildman–Crippen LogP) is 2.28. The number of hydrogen-bond donors (Lipinski definition) is 1. The minimum absolute atomic E-state index is 0.118. The van der Waals surface area contributed by atoms with Crippen LogP contribution in [0.15, 0.2) is 23.4 Å². The van der Waals surface area contributed by atoms with E-state index >= 15 is 0 Å². The summed E-state index contributed by atoms with van der Waals surface area (Å²) in [6, 6.07) is 3.36. The number of thioether (sulfide) groups is 1. The van der Waals surface area contributed by atoms with Gasteiger partial charge in [-0.1, -0.05) is 11.8 Å². The fourth-order valence-corrected chi connectivity index (χ4v) is 2.58. The summed E-state index contributed by atoms with van der Waals surface area (Å²) in [5.74, 6) is -1.68. The van der Waals surface area contributed by atoms with Gasteiger partial charge in [0, 0.05) is 12.6 Å². The molecule has 2 aromatic rings. The third-order valence-electron chi connectivity index (χ3n) is 2.77. The van der Waals surface area contributed by atoms with Gasteiger partial charge in [0.2, 0.25) is 0 Å². The Balaban J connectivity index is 2.08. The van der Waals surface area contributed by atoms with Crippen LogP contribution in [-0.4, -0.2) is 31.6 Å². The van der Waals surface area contributed by atoms with E-state index in [1.807, 2.05) is 0 Å². The fraction of sp³-hybridized carbons (Fsp3) is 0.308. The van der Waals surface area contributed by atoms with E-state index in [1.165, 1.54) is 12.1 Å². The average Bonchev–Trinajstić information content (AvgIpc) is 2.73. The van der Waals surface area contributed by atoms with Gasteiger partial charge in [-0.3, -0.25) is 4.79 Å². The van der Waals surface area contributed by atoms with Crippen molar-refractivity contribution in [3.05, 3.63) is 41.2 Å². The lowest BCUT2D eigenvalue weighted by Crippen LogP contribution is -2.07. The highest BCUT2D eigenvalue weighted by molar-refractivity contribution is 7.99. The first-order valence-electron chi connectivity index (χ1n) is 6.15. The van der Waals surface area contributed by atoms with Crippen LogP contribution in [0, 0.1) is 18.6 Å². The number of rotatable bonds is 6. The number of carboxylic acid groups (broad SMARTS) is 1. The Bertz CT molecular complexity index is 641. The van der Waals surface area contributed by atoms with E-state index in [4.69, 9.17) is 5.11 Å². The summed E-state index contributed by atoms with van der Waals surface area (Å²) in [5.41, 5.74) is 0.523. The topological polar surface area (TPSA) is 68.0 Å². The van der Waals surface area contributed by atoms with Crippen molar-refractivity contribution in [1.82, 2.24) is 14.8 Å². The molecule has 0 amide bonds. The van der Waals surface area contributed by atoms with Crippen molar-refractivity contribution in [1.29, 1.82) is 0 Å². The molecule has 0 saturated carbocycles. The lowest BCUT2D eigenvalue weighted by Gasteiger charge is -2.08. The Morgan fingerprint density at radius 1 is 1.29 bits per heavy atom. The average molecular weight is 313 g/mol. The third-order valence-corrected chi connectivity index (χ3v) is 3.72. The van der Waals surface area contributed by atoms with E-state index in [9.17, 15) is 13.6 Å². The Hall–Kier alpha value is -1.96. The van der Waals surface area contributed by atoms with Crippen molar-refractivity contribution in [3.8, 4) is 0 Å². The number of carbonyl (C=O) groups is 1. The molecule has 0 aliphatic rings. The summed E-state index contributed by atoms with van der Waals surface area (Å²) in [7, 11) is 0. The smallest absolute Gasteiger partial charge is 0.313 e. The van der Waals surface area contributed by atoms with Crippen molar-refractivity contribution >= 4 is 17.7 Å². The summed E-state index contributed by atoms with van der Waals surface area (Å²) in [6.07, 6.45) is 0.397. The summed E-state index contributed by atoms with van der Waals surface area (Å²) in [5, 5.41) is 17.0. The standard InChI is InChI=1S/C13H13F2N3O2S/c1-8-16-17-13(21-7-12(19)20)18(8)3-2-9-4-10(14)6-11(15)5-9/h4-6H,2-3,7H2,1H3,(H,19,20). The van der Waals surface area contributed by atoms with Crippen LogP contribution in [0.25, 0.3) is 0 Å². The predicted molar refractivity (Wildman–Crippen MR) is 73.2 cm³/mol. The second-order valence-corrected chi connectivity index (χ2v) is 5.33. The van der Waals surface area contributed by atoms with Crippen LogP contribution in [0.1, 0.15) is 11.4 Å². The molecular weight excluding hydrogens is 300 g/mol. The van der Waals surface area contributed by atoms with Crippen LogP contribution in [0.5, 0.6) is 0 Å². The largest absolute Gasteiger partial charge is 0.481 e. The van der Waals surface area contributed by atoms with Crippen molar-refractivity contribution in [2.75, 3.05) is 5.75 Å². The molecular formula is C13H13F2N3O2S. The van der Waals surface area contributed by atoms with Crippen LogP contribution < -0.4 is 0 Å². The molecule has 0 atom stereocenters. The molecule has 8 heteroatoms. The Morgan fingerprint density at radius 3 is 2.57 bits per heavy atom. The van der Waals surface area contributed by atoms with Gasteiger partial charge in [-0.15, -0.1) is 10.2 Å². The molecule has 0 aliphatic carbocycles. The molecule has 21 heavy (non-hydrogen) atoms. The van der Waals surface area contributed by atoms with Crippen LogP contribution >= 0.6 is 11.8 Å². The lowest BCUT2D eigenvalue weighted by molar-refractivity contribution is -0.133. The Morgan fingerprint density at radius 2 is 1.95 bits per heavy atom. The Kier molecular flexibility index (Phi) is 4.89. The second-order valence-electron chi connectivity index (χ2n) is 4.39. The molecule has 1 aromatic carbocycles. The highest BCUT2D eigenvalue weighted by atomic mass is 32.2.